The first-order valence-corrected chi connectivity index (χ1v) is 12.8. The topological polar surface area (TPSA) is 55.8 Å². The van der Waals surface area contributed by atoms with Crippen LogP contribution in [0.5, 0.6) is 5.75 Å². The predicted molar refractivity (Wildman–Crippen MR) is 141 cm³/mol. The van der Waals surface area contributed by atoms with Gasteiger partial charge in [-0.1, -0.05) is 64.1 Å². The van der Waals surface area contributed by atoms with Crippen LogP contribution in [0.15, 0.2) is 48.5 Å². The van der Waals surface area contributed by atoms with E-state index in [0.29, 0.717) is 17.8 Å². The summed E-state index contributed by atoms with van der Waals surface area (Å²) in [5.74, 6) is -0.323. The molecule has 0 aliphatic rings. The third-order valence-electron chi connectivity index (χ3n) is 6.19. The molecule has 0 aliphatic heterocycles. The normalized spacial score (nSPS) is 12.6. The molecule has 0 unspecified atom stereocenters. The molecule has 0 fully saturated rings. The van der Waals surface area contributed by atoms with E-state index >= 15 is 0 Å². The maximum absolute atomic E-state index is 12.5. The summed E-state index contributed by atoms with van der Waals surface area (Å²) in [5, 5.41) is 0. The molecule has 35 heavy (non-hydrogen) atoms. The Bertz CT molecular complexity index is 942. The summed E-state index contributed by atoms with van der Waals surface area (Å²) in [6.45, 7) is 17.3. The number of benzene rings is 2. The Morgan fingerprint density at radius 1 is 0.800 bits per heavy atom. The van der Waals surface area contributed by atoms with Gasteiger partial charge in [0, 0.05) is 23.6 Å². The molecular formula is C30H43NO4. The van der Waals surface area contributed by atoms with Crippen molar-refractivity contribution in [1.82, 2.24) is 4.90 Å². The van der Waals surface area contributed by atoms with E-state index in [1.54, 1.807) is 0 Å². The second-order valence-electron chi connectivity index (χ2n) is 10.4. The Morgan fingerprint density at radius 2 is 1.40 bits per heavy atom. The van der Waals surface area contributed by atoms with E-state index in [1.807, 2.05) is 64.1 Å². The van der Waals surface area contributed by atoms with Crippen LogP contribution < -0.4 is 4.74 Å². The minimum absolute atomic E-state index is 0.0203. The highest BCUT2D eigenvalue weighted by Crippen LogP contribution is 2.36. The summed E-state index contributed by atoms with van der Waals surface area (Å²) in [6.07, 6.45) is 0.863. The van der Waals surface area contributed by atoms with Crippen molar-refractivity contribution < 1.29 is 19.1 Å². The van der Waals surface area contributed by atoms with Crippen molar-refractivity contribution in [1.29, 1.82) is 0 Å². The molecule has 2 aromatic carbocycles. The van der Waals surface area contributed by atoms with Crippen LogP contribution in [0.2, 0.25) is 0 Å². The maximum Gasteiger partial charge on any atom is 0.313 e. The lowest BCUT2D eigenvalue weighted by Crippen LogP contribution is -2.38. The monoisotopic (exact) mass is 481 g/mol. The van der Waals surface area contributed by atoms with Crippen LogP contribution in [0.4, 0.5) is 0 Å². The highest BCUT2D eigenvalue weighted by molar-refractivity contribution is 5.75. The molecular weight excluding hydrogens is 438 g/mol. The molecule has 0 saturated heterocycles. The van der Waals surface area contributed by atoms with Crippen molar-refractivity contribution >= 4 is 11.9 Å². The van der Waals surface area contributed by atoms with E-state index in [0.717, 1.165) is 29.7 Å². The van der Waals surface area contributed by atoms with Gasteiger partial charge < -0.3 is 9.47 Å². The number of hydrogen-bond acceptors (Lipinski definition) is 5. The second kappa shape index (κ2) is 13.4. The Balaban J connectivity index is 2.50. The summed E-state index contributed by atoms with van der Waals surface area (Å²) < 4.78 is 11.4. The number of rotatable bonds is 12. The van der Waals surface area contributed by atoms with E-state index in [9.17, 15) is 9.59 Å². The van der Waals surface area contributed by atoms with Gasteiger partial charge in [0.05, 0.1) is 11.8 Å². The number of esters is 2. The van der Waals surface area contributed by atoms with Crippen LogP contribution in [0, 0.1) is 11.8 Å². The largest absolute Gasteiger partial charge is 0.461 e. The summed E-state index contributed by atoms with van der Waals surface area (Å²) in [6, 6.07) is 16.9. The number of ether oxygens (including phenoxy) is 2. The van der Waals surface area contributed by atoms with E-state index in [4.69, 9.17) is 9.47 Å². The fraction of sp³-hybridized carbons (Fsp3) is 0.533. The number of hydrogen-bond donors (Lipinski definition) is 0. The third kappa shape index (κ3) is 8.50. The first-order valence-electron chi connectivity index (χ1n) is 12.8. The Labute approximate surface area is 211 Å². The van der Waals surface area contributed by atoms with Crippen LogP contribution in [0.3, 0.4) is 0 Å². The van der Waals surface area contributed by atoms with Gasteiger partial charge in [0.25, 0.3) is 0 Å². The smallest absolute Gasteiger partial charge is 0.313 e. The zero-order valence-corrected chi connectivity index (χ0v) is 22.7. The lowest BCUT2D eigenvalue weighted by molar-refractivity contribution is -0.148. The summed E-state index contributed by atoms with van der Waals surface area (Å²) in [7, 11) is 0. The van der Waals surface area contributed by atoms with Crippen molar-refractivity contribution in [3.8, 4) is 5.75 Å². The molecule has 0 radical (unpaired) electrons. The molecule has 1 atom stereocenters. The van der Waals surface area contributed by atoms with Crippen molar-refractivity contribution in [2.45, 2.75) is 86.4 Å². The number of carbonyl (C=O) groups excluding carboxylic acids is 2. The molecule has 192 valence electrons. The molecule has 5 heteroatoms. The van der Waals surface area contributed by atoms with Gasteiger partial charge >= 0.3 is 11.9 Å². The predicted octanol–water partition coefficient (Wildman–Crippen LogP) is 6.59. The molecule has 0 spiro atoms. The van der Waals surface area contributed by atoms with Gasteiger partial charge in [0.2, 0.25) is 0 Å². The van der Waals surface area contributed by atoms with Crippen molar-refractivity contribution in [2.24, 2.45) is 11.8 Å². The standard InChI is InChI=1S/C30H43NO4/c1-20(2)29(32)34-19-24-14-15-28(35-30(33)21(3)4)27(18-24)26(25-12-10-9-11-13-25)16-17-31(22(5)6)23(7)8/h9-15,18,20-23,26H,16-17,19H2,1-8H3/t26-/m0/s1. The first-order chi connectivity index (χ1) is 16.5. The summed E-state index contributed by atoms with van der Waals surface area (Å²) in [5.41, 5.74) is 2.98. The highest BCUT2D eigenvalue weighted by atomic mass is 16.5. The first kappa shape index (κ1) is 28.6. The second-order valence-corrected chi connectivity index (χ2v) is 10.4. The minimum atomic E-state index is -0.261. The molecule has 2 aromatic rings. The lowest BCUT2D eigenvalue weighted by Gasteiger charge is -2.32. The Hall–Kier alpha value is -2.66. The lowest BCUT2D eigenvalue weighted by atomic mass is 9.86. The van der Waals surface area contributed by atoms with Crippen molar-refractivity contribution in [2.75, 3.05) is 6.54 Å². The molecule has 0 bridgehead atoms. The molecule has 5 nitrogen and oxygen atoms in total. The van der Waals surface area contributed by atoms with Gasteiger partial charge in [0.1, 0.15) is 12.4 Å². The average molecular weight is 482 g/mol. The van der Waals surface area contributed by atoms with Gasteiger partial charge in [-0.3, -0.25) is 14.5 Å². The van der Waals surface area contributed by atoms with Gasteiger partial charge in [-0.2, -0.15) is 0 Å². The van der Waals surface area contributed by atoms with Crippen LogP contribution >= 0.6 is 0 Å². The summed E-state index contributed by atoms with van der Waals surface area (Å²) in [4.78, 5) is 27.1. The van der Waals surface area contributed by atoms with Crippen LogP contribution in [0.25, 0.3) is 0 Å². The molecule has 0 aromatic heterocycles. The zero-order valence-electron chi connectivity index (χ0n) is 22.7. The average Bonchev–Trinajstić information content (AvgIpc) is 2.81. The molecule has 0 aliphatic carbocycles. The zero-order chi connectivity index (χ0) is 26.1. The molecule has 0 heterocycles. The van der Waals surface area contributed by atoms with Crippen LogP contribution in [-0.4, -0.2) is 35.5 Å². The molecule has 0 saturated carbocycles. The fourth-order valence-electron chi connectivity index (χ4n) is 4.18. The quantitative estimate of drug-likeness (QED) is 0.253. The van der Waals surface area contributed by atoms with E-state index < -0.39 is 0 Å². The van der Waals surface area contributed by atoms with Gasteiger partial charge in [0.15, 0.2) is 0 Å². The number of carbonyl (C=O) groups is 2. The number of nitrogens with zero attached hydrogens (tertiary/aromatic N) is 1. The van der Waals surface area contributed by atoms with Gasteiger partial charge in [-0.15, -0.1) is 0 Å². The van der Waals surface area contributed by atoms with E-state index in [1.165, 1.54) is 0 Å². The van der Waals surface area contributed by atoms with Crippen LogP contribution in [0.1, 0.15) is 84.4 Å². The van der Waals surface area contributed by atoms with E-state index in [-0.39, 0.29) is 36.3 Å². The van der Waals surface area contributed by atoms with Gasteiger partial charge in [-0.05, 0) is 63.9 Å². The molecule has 2 rings (SSSR count). The van der Waals surface area contributed by atoms with Crippen LogP contribution in [-0.2, 0) is 20.9 Å². The van der Waals surface area contributed by atoms with E-state index in [2.05, 4.69) is 44.7 Å². The summed E-state index contributed by atoms with van der Waals surface area (Å²) >= 11 is 0. The third-order valence-corrected chi connectivity index (χ3v) is 6.19. The fourth-order valence-corrected chi connectivity index (χ4v) is 4.18. The van der Waals surface area contributed by atoms with Gasteiger partial charge in [-0.25, -0.2) is 0 Å². The van der Waals surface area contributed by atoms with Crippen molar-refractivity contribution in [3.63, 3.8) is 0 Å². The SMILES string of the molecule is CC(C)C(=O)OCc1ccc(OC(=O)C(C)C)c([C@@H](CCN(C(C)C)C(C)C)c2ccccc2)c1. The Morgan fingerprint density at radius 3 is 1.94 bits per heavy atom. The maximum atomic E-state index is 12.5. The minimum Gasteiger partial charge on any atom is -0.461 e. The van der Waals surface area contributed by atoms with Crippen molar-refractivity contribution in [3.05, 3.63) is 65.2 Å². The highest BCUT2D eigenvalue weighted by Gasteiger charge is 2.24. The molecule has 0 N–H and O–H groups in total. The molecule has 0 amide bonds. The Kier molecular flexibility index (Phi) is 11.0.